The summed E-state index contributed by atoms with van der Waals surface area (Å²) in [5, 5.41) is 28.8. The molecule has 2 aliphatic rings. The summed E-state index contributed by atoms with van der Waals surface area (Å²) in [6.07, 6.45) is 1.27. The number of carbonyl (C=O) groups is 1. The molecule has 8 N–H and O–H groups in total. The van der Waals surface area contributed by atoms with Crippen molar-refractivity contribution >= 4 is 22.7 Å². The second-order valence-corrected chi connectivity index (χ2v) is 8.43. The van der Waals surface area contributed by atoms with E-state index < -0.39 is 17.2 Å². The molecule has 10 nitrogen and oxygen atoms in total. The van der Waals surface area contributed by atoms with Crippen LogP contribution in [0, 0.1) is 0 Å². The van der Waals surface area contributed by atoms with E-state index in [1.165, 1.54) is 6.07 Å². The smallest absolute Gasteiger partial charge is 0.315 e. The van der Waals surface area contributed by atoms with Crippen LogP contribution in [-0.2, 0) is 6.42 Å². The molecule has 2 saturated heterocycles. The topological polar surface area (TPSA) is 149 Å². The highest BCUT2D eigenvalue weighted by atomic mass is 32.3. The highest BCUT2D eigenvalue weighted by Gasteiger charge is 2.36. The van der Waals surface area contributed by atoms with E-state index in [0.717, 1.165) is 35.8 Å². The van der Waals surface area contributed by atoms with Crippen LogP contribution in [0.3, 0.4) is 0 Å². The van der Waals surface area contributed by atoms with Crippen LogP contribution in [0.2, 0.25) is 0 Å². The molecule has 27 heavy (non-hydrogen) atoms. The van der Waals surface area contributed by atoms with Gasteiger partial charge in [0, 0.05) is 12.6 Å². The van der Waals surface area contributed by atoms with Gasteiger partial charge in [0.05, 0.1) is 6.54 Å². The lowest BCUT2D eigenvalue weighted by molar-refractivity contribution is 0.182. The number of anilines is 1. The number of carbonyl (C=O) groups excluding carboxylic acids is 1. The minimum Gasteiger partial charge on any atom is -0.506 e. The number of nitrogens with one attached hydrogen (secondary N) is 4. The average molecular weight is 401 g/mol. The lowest BCUT2D eigenvalue weighted by Gasteiger charge is -2.36. The normalized spacial score (nSPS) is 23.8. The van der Waals surface area contributed by atoms with Gasteiger partial charge in [0.25, 0.3) is 0 Å². The zero-order valence-corrected chi connectivity index (χ0v) is 15.7. The maximum absolute atomic E-state index is 11.9. The van der Waals surface area contributed by atoms with Crippen LogP contribution in [-0.4, -0.2) is 63.8 Å². The van der Waals surface area contributed by atoms with Crippen molar-refractivity contribution in [2.75, 3.05) is 30.5 Å². The standard InChI is InChI=1S/C16H27N5O5S/c22-14-9-11(1-2-13(14)21-10-15(23)20-27(21,25)26)3-8-18-16(24)19-12-4-6-17-7-5-12/h1-2,9,12,15,17,20,22-23,25-26H,3-8,10H2,(H2,18,19,24). The zero-order chi connectivity index (χ0) is 19.4. The molecule has 11 heteroatoms. The van der Waals surface area contributed by atoms with Gasteiger partial charge in [-0.3, -0.25) is 13.4 Å². The van der Waals surface area contributed by atoms with Crippen LogP contribution >= 0.6 is 11.0 Å². The van der Waals surface area contributed by atoms with Crippen molar-refractivity contribution < 1.29 is 24.1 Å². The van der Waals surface area contributed by atoms with Crippen molar-refractivity contribution in [2.45, 2.75) is 31.5 Å². The van der Waals surface area contributed by atoms with Gasteiger partial charge in [-0.2, -0.15) is 4.72 Å². The molecule has 1 atom stereocenters. The molecule has 1 aromatic carbocycles. The third-order valence-corrected chi connectivity index (χ3v) is 6.17. The number of piperidine rings is 1. The quantitative estimate of drug-likeness (QED) is 0.351. The number of phenolic OH excluding ortho intramolecular Hbond substituents is 1. The molecule has 2 aliphatic heterocycles. The third-order valence-electron chi connectivity index (χ3n) is 4.62. The number of hydrogen-bond donors (Lipinski definition) is 8. The first-order valence-corrected chi connectivity index (χ1v) is 10.4. The average Bonchev–Trinajstić information content (AvgIpc) is 2.88. The van der Waals surface area contributed by atoms with Crippen LogP contribution < -0.4 is 25.0 Å². The summed E-state index contributed by atoms with van der Waals surface area (Å²) in [7, 11) is -3.36. The Kier molecular flexibility index (Phi) is 6.29. The summed E-state index contributed by atoms with van der Waals surface area (Å²) in [5.74, 6) is -0.123. The summed E-state index contributed by atoms with van der Waals surface area (Å²) in [4.78, 5) is 11.9. The molecule has 1 unspecified atom stereocenters. The Morgan fingerprint density at radius 2 is 2.04 bits per heavy atom. The Morgan fingerprint density at radius 3 is 2.67 bits per heavy atom. The fourth-order valence-corrected chi connectivity index (χ4v) is 4.58. The van der Waals surface area contributed by atoms with Crippen LogP contribution in [0.25, 0.3) is 0 Å². The van der Waals surface area contributed by atoms with Crippen molar-refractivity contribution in [1.29, 1.82) is 0 Å². The Hall–Kier alpha value is -1.76. The van der Waals surface area contributed by atoms with Gasteiger partial charge in [0.1, 0.15) is 17.7 Å². The van der Waals surface area contributed by atoms with E-state index in [1.54, 1.807) is 12.1 Å². The second kappa shape index (κ2) is 8.50. The maximum Gasteiger partial charge on any atom is 0.315 e. The maximum atomic E-state index is 11.9. The first-order chi connectivity index (χ1) is 12.8. The van der Waals surface area contributed by atoms with Gasteiger partial charge in [-0.15, -0.1) is 0 Å². The number of aliphatic hydroxyl groups excluding tert-OH is 1. The highest BCUT2D eigenvalue weighted by Crippen LogP contribution is 2.49. The van der Waals surface area contributed by atoms with Gasteiger partial charge in [0.15, 0.2) is 0 Å². The molecule has 2 amide bonds. The monoisotopic (exact) mass is 401 g/mol. The van der Waals surface area contributed by atoms with Gasteiger partial charge >= 0.3 is 6.03 Å². The SMILES string of the molecule is O=C(NCCc1ccc(N2CC(O)NS2(O)O)c(O)c1)NC1CCNCC1. The van der Waals surface area contributed by atoms with E-state index in [2.05, 4.69) is 20.7 Å². The van der Waals surface area contributed by atoms with Crippen molar-refractivity contribution in [3.8, 4) is 5.75 Å². The summed E-state index contributed by atoms with van der Waals surface area (Å²) in [6, 6.07) is 4.81. The largest absolute Gasteiger partial charge is 0.506 e. The van der Waals surface area contributed by atoms with Gasteiger partial charge in [-0.05, 0) is 50.0 Å². The predicted molar refractivity (Wildman–Crippen MR) is 104 cm³/mol. The van der Waals surface area contributed by atoms with E-state index in [9.17, 15) is 24.1 Å². The number of aliphatic hydroxyl groups is 1. The van der Waals surface area contributed by atoms with E-state index in [4.69, 9.17) is 0 Å². The molecular weight excluding hydrogens is 374 g/mol. The van der Waals surface area contributed by atoms with Gasteiger partial charge in [-0.1, -0.05) is 17.0 Å². The van der Waals surface area contributed by atoms with E-state index in [0.29, 0.717) is 13.0 Å². The number of rotatable bonds is 5. The number of urea groups is 1. The van der Waals surface area contributed by atoms with Gasteiger partial charge < -0.3 is 26.2 Å². The van der Waals surface area contributed by atoms with Crippen molar-refractivity contribution in [1.82, 2.24) is 20.7 Å². The lowest BCUT2D eigenvalue weighted by atomic mass is 10.1. The molecule has 0 spiro atoms. The molecule has 0 aliphatic carbocycles. The van der Waals surface area contributed by atoms with Gasteiger partial charge in [0.2, 0.25) is 0 Å². The van der Waals surface area contributed by atoms with Gasteiger partial charge in [-0.25, -0.2) is 4.79 Å². The highest BCUT2D eigenvalue weighted by molar-refractivity contribution is 8.24. The number of nitrogens with zero attached hydrogens (tertiary/aromatic N) is 1. The number of phenols is 1. The van der Waals surface area contributed by atoms with Crippen molar-refractivity contribution in [2.24, 2.45) is 0 Å². The Balaban J connectivity index is 1.50. The fraction of sp³-hybridized carbons (Fsp3) is 0.562. The molecule has 2 fully saturated rings. The van der Waals surface area contributed by atoms with Crippen LogP contribution in [0.15, 0.2) is 18.2 Å². The number of hydrogen-bond acceptors (Lipinski definition) is 8. The number of amides is 2. The molecule has 3 rings (SSSR count). The van der Waals surface area contributed by atoms with Crippen molar-refractivity contribution in [3.63, 3.8) is 0 Å². The summed E-state index contributed by atoms with van der Waals surface area (Å²) in [5.41, 5.74) is 1.02. The molecule has 0 saturated carbocycles. The Bertz CT molecular complexity index is 671. The third kappa shape index (κ3) is 5.15. The number of β-amino-alcohol motifs (C(OH)–C–C–N with tert-alkyl or cyclic N) is 1. The minimum absolute atomic E-state index is 0.0480. The number of aromatic hydroxyl groups is 1. The lowest BCUT2D eigenvalue weighted by Crippen LogP contribution is -2.47. The molecular formula is C16H27N5O5S. The van der Waals surface area contributed by atoms with Crippen LogP contribution in [0.1, 0.15) is 18.4 Å². The van der Waals surface area contributed by atoms with Crippen molar-refractivity contribution in [3.05, 3.63) is 23.8 Å². The molecule has 152 valence electrons. The summed E-state index contributed by atoms with van der Waals surface area (Å²) < 4.78 is 23.3. The molecule has 0 bridgehead atoms. The molecule has 1 aromatic rings. The molecule has 0 radical (unpaired) electrons. The summed E-state index contributed by atoms with van der Waals surface area (Å²) in [6.45, 7) is 2.18. The Labute approximate surface area is 159 Å². The first kappa shape index (κ1) is 20.0. The summed E-state index contributed by atoms with van der Waals surface area (Å²) >= 11 is 0. The van der Waals surface area contributed by atoms with E-state index >= 15 is 0 Å². The fourth-order valence-electron chi connectivity index (χ4n) is 3.24. The second-order valence-electron chi connectivity index (χ2n) is 6.71. The van der Waals surface area contributed by atoms with E-state index in [-0.39, 0.29) is 30.1 Å². The van der Waals surface area contributed by atoms with Crippen LogP contribution in [0.5, 0.6) is 5.75 Å². The predicted octanol–water partition coefficient (Wildman–Crippen LogP) is 0.295. The Morgan fingerprint density at radius 1 is 1.30 bits per heavy atom. The minimum atomic E-state index is -3.36. The van der Waals surface area contributed by atoms with E-state index in [1.807, 2.05) is 0 Å². The zero-order valence-electron chi connectivity index (χ0n) is 14.9. The molecule has 0 aromatic heterocycles. The van der Waals surface area contributed by atoms with Crippen LogP contribution in [0.4, 0.5) is 10.5 Å². The number of benzene rings is 1. The first-order valence-electron chi connectivity index (χ1n) is 8.93. The molecule has 2 heterocycles.